The van der Waals surface area contributed by atoms with E-state index in [0.717, 1.165) is 17.1 Å². The van der Waals surface area contributed by atoms with Crippen LogP contribution in [0.2, 0.25) is 0 Å². The smallest absolute Gasteiger partial charge is 0.340 e. The quantitative estimate of drug-likeness (QED) is 0.380. The molecule has 0 saturated heterocycles. The van der Waals surface area contributed by atoms with Crippen LogP contribution in [0, 0.1) is 13.8 Å². The Morgan fingerprint density at radius 3 is 2.57 bits per heavy atom. The molecule has 0 bridgehead atoms. The third kappa shape index (κ3) is 3.53. The van der Waals surface area contributed by atoms with E-state index in [1.54, 1.807) is 26.8 Å². The zero-order valence-corrected chi connectivity index (χ0v) is 16.0. The number of carbonyl (C=O) groups is 3. The molecular weight excluding hydrogens is 358 g/mol. The summed E-state index contributed by atoms with van der Waals surface area (Å²) in [5, 5.41) is 1.68. The van der Waals surface area contributed by atoms with Gasteiger partial charge in [-0.15, -0.1) is 0 Å². The number of ketones is 1. The van der Waals surface area contributed by atoms with Gasteiger partial charge >= 0.3 is 5.97 Å². The highest BCUT2D eigenvalue weighted by atomic mass is 16.5. The van der Waals surface area contributed by atoms with Crippen molar-refractivity contribution < 1.29 is 23.9 Å². The number of ether oxygens (including phenoxy) is 2. The number of carbonyl (C=O) groups excluding carboxylic acids is 3. The molecule has 6 heteroatoms. The number of aromatic amines is 1. The molecule has 3 rings (SSSR count). The number of H-pyrrole nitrogens is 1. The molecule has 0 fully saturated rings. The number of Topliss-reactive ketones (excluding diaryl/α,β-unsaturated/α-hetero) is 1. The van der Waals surface area contributed by atoms with Gasteiger partial charge < -0.3 is 14.5 Å². The van der Waals surface area contributed by atoms with Crippen molar-refractivity contribution in [2.75, 3.05) is 13.2 Å². The lowest BCUT2D eigenvalue weighted by molar-refractivity contribution is 0.0525. The van der Waals surface area contributed by atoms with Gasteiger partial charge in [-0.2, -0.15) is 0 Å². The Hall–Kier alpha value is -3.41. The Bertz CT molecular complexity index is 1060. The molecule has 6 nitrogen and oxygen atoms in total. The summed E-state index contributed by atoms with van der Waals surface area (Å²) in [5.74, 6) is -0.443. The van der Waals surface area contributed by atoms with Crippen LogP contribution in [0.3, 0.4) is 0 Å². The molecule has 0 aliphatic heterocycles. The van der Waals surface area contributed by atoms with Gasteiger partial charge in [0, 0.05) is 5.69 Å². The van der Waals surface area contributed by atoms with Crippen LogP contribution in [-0.2, 0) is 4.74 Å². The van der Waals surface area contributed by atoms with Gasteiger partial charge in [-0.25, -0.2) is 4.79 Å². The SMILES string of the molecule is CCOC(=O)c1c(C)[nH]c(C(=O)COc2ccc3ccccc3c2C=O)c1C. The van der Waals surface area contributed by atoms with E-state index in [9.17, 15) is 14.4 Å². The second kappa shape index (κ2) is 8.08. The zero-order chi connectivity index (χ0) is 20.3. The minimum absolute atomic E-state index is 0.256. The van der Waals surface area contributed by atoms with Crippen LogP contribution in [0.1, 0.15) is 49.4 Å². The first-order valence-electron chi connectivity index (χ1n) is 8.97. The van der Waals surface area contributed by atoms with Crippen molar-refractivity contribution in [3.63, 3.8) is 0 Å². The van der Waals surface area contributed by atoms with Crippen LogP contribution >= 0.6 is 0 Å². The number of hydrogen-bond donors (Lipinski definition) is 1. The normalized spacial score (nSPS) is 10.7. The van der Waals surface area contributed by atoms with Crippen molar-refractivity contribution in [2.24, 2.45) is 0 Å². The Morgan fingerprint density at radius 1 is 1.11 bits per heavy atom. The van der Waals surface area contributed by atoms with Gasteiger partial charge in [0.15, 0.2) is 12.9 Å². The molecular formula is C22H21NO5. The molecule has 0 aliphatic rings. The van der Waals surface area contributed by atoms with E-state index in [4.69, 9.17) is 9.47 Å². The van der Waals surface area contributed by atoms with Crippen LogP contribution in [0.5, 0.6) is 5.75 Å². The molecule has 1 N–H and O–H groups in total. The number of hydrogen-bond acceptors (Lipinski definition) is 5. The molecule has 1 aromatic heterocycles. The van der Waals surface area contributed by atoms with Crippen LogP contribution in [0.15, 0.2) is 36.4 Å². The highest BCUT2D eigenvalue weighted by Gasteiger charge is 2.23. The van der Waals surface area contributed by atoms with Gasteiger partial charge in [-0.3, -0.25) is 9.59 Å². The van der Waals surface area contributed by atoms with Crippen molar-refractivity contribution in [3.05, 3.63) is 64.5 Å². The summed E-state index contributed by atoms with van der Waals surface area (Å²) < 4.78 is 10.7. The fourth-order valence-corrected chi connectivity index (χ4v) is 3.28. The van der Waals surface area contributed by atoms with Crippen molar-refractivity contribution in [1.29, 1.82) is 0 Å². The summed E-state index contributed by atoms with van der Waals surface area (Å²) in [6.07, 6.45) is 0.727. The maximum Gasteiger partial charge on any atom is 0.340 e. The van der Waals surface area contributed by atoms with Crippen molar-refractivity contribution in [3.8, 4) is 5.75 Å². The minimum Gasteiger partial charge on any atom is -0.485 e. The summed E-state index contributed by atoms with van der Waals surface area (Å²) in [7, 11) is 0. The molecule has 28 heavy (non-hydrogen) atoms. The average Bonchev–Trinajstić information content (AvgIpc) is 3.00. The van der Waals surface area contributed by atoms with E-state index in [1.165, 1.54) is 0 Å². The number of esters is 1. The number of nitrogens with one attached hydrogen (secondary N) is 1. The maximum absolute atomic E-state index is 12.7. The molecule has 144 valence electrons. The van der Waals surface area contributed by atoms with Crippen molar-refractivity contribution >= 4 is 28.8 Å². The summed E-state index contributed by atoms with van der Waals surface area (Å²) in [6.45, 7) is 5.12. The first-order valence-corrected chi connectivity index (χ1v) is 8.97. The van der Waals surface area contributed by atoms with Gasteiger partial charge in [0.05, 0.1) is 23.4 Å². The van der Waals surface area contributed by atoms with E-state index in [0.29, 0.717) is 33.8 Å². The maximum atomic E-state index is 12.7. The number of aryl methyl sites for hydroxylation is 1. The van der Waals surface area contributed by atoms with Crippen LogP contribution in [0.25, 0.3) is 10.8 Å². The fraction of sp³-hybridized carbons (Fsp3) is 0.227. The van der Waals surface area contributed by atoms with E-state index in [1.807, 2.05) is 30.3 Å². The lowest BCUT2D eigenvalue weighted by atomic mass is 10.0. The molecule has 0 radical (unpaired) electrons. The average molecular weight is 379 g/mol. The Balaban J connectivity index is 1.84. The fourth-order valence-electron chi connectivity index (χ4n) is 3.28. The number of aromatic nitrogens is 1. The van der Waals surface area contributed by atoms with Gasteiger partial charge in [-0.05, 0) is 43.2 Å². The van der Waals surface area contributed by atoms with Gasteiger partial charge in [-0.1, -0.05) is 30.3 Å². The molecule has 0 spiro atoms. The highest BCUT2D eigenvalue weighted by Crippen LogP contribution is 2.27. The van der Waals surface area contributed by atoms with Crippen molar-refractivity contribution in [2.45, 2.75) is 20.8 Å². The van der Waals surface area contributed by atoms with E-state index >= 15 is 0 Å². The summed E-state index contributed by atoms with van der Waals surface area (Å²) in [4.78, 5) is 39.3. The Morgan fingerprint density at radius 2 is 1.86 bits per heavy atom. The first-order chi connectivity index (χ1) is 13.5. The van der Waals surface area contributed by atoms with E-state index in [-0.39, 0.29) is 19.0 Å². The largest absolute Gasteiger partial charge is 0.485 e. The van der Waals surface area contributed by atoms with Gasteiger partial charge in [0.1, 0.15) is 5.75 Å². The van der Waals surface area contributed by atoms with Crippen molar-refractivity contribution in [1.82, 2.24) is 4.98 Å². The monoisotopic (exact) mass is 379 g/mol. The highest BCUT2D eigenvalue weighted by molar-refractivity contribution is 6.03. The lowest BCUT2D eigenvalue weighted by Crippen LogP contribution is -2.14. The molecule has 0 aliphatic carbocycles. The molecule has 1 heterocycles. The van der Waals surface area contributed by atoms with E-state index in [2.05, 4.69) is 4.98 Å². The molecule has 2 aromatic carbocycles. The summed E-state index contributed by atoms with van der Waals surface area (Å²) in [6, 6.07) is 11.0. The predicted octanol–water partition coefficient (Wildman–Crippen LogP) is 4.04. The number of aldehydes is 1. The van der Waals surface area contributed by atoms with Gasteiger partial charge in [0.25, 0.3) is 0 Å². The Labute approximate surface area is 162 Å². The molecule has 0 atom stereocenters. The minimum atomic E-state index is -0.466. The summed E-state index contributed by atoms with van der Waals surface area (Å²) in [5.41, 5.74) is 2.16. The third-order valence-corrected chi connectivity index (χ3v) is 4.60. The Kier molecular flexibility index (Phi) is 5.59. The predicted molar refractivity (Wildman–Crippen MR) is 105 cm³/mol. The molecule has 0 saturated carbocycles. The second-order valence-corrected chi connectivity index (χ2v) is 6.37. The zero-order valence-electron chi connectivity index (χ0n) is 16.0. The second-order valence-electron chi connectivity index (χ2n) is 6.37. The standard InChI is InChI=1S/C22H21NO5/c1-4-27-22(26)20-13(2)21(23-14(20)3)18(25)12-28-19-10-9-15-7-5-6-8-16(15)17(19)11-24/h5-11,23H,4,12H2,1-3H3. The lowest BCUT2D eigenvalue weighted by Gasteiger charge is -2.10. The number of benzene rings is 2. The third-order valence-electron chi connectivity index (χ3n) is 4.60. The first kappa shape index (κ1) is 19.4. The molecule has 3 aromatic rings. The number of rotatable bonds is 7. The van der Waals surface area contributed by atoms with Crippen LogP contribution in [-0.4, -0.2) is 36.2 Å². The topological polar surface area (TPSA) is 85.5 Å². The van der Waals surface area contributed by atoms with Crippen LogP contribution < -0.4 is 4.74 Å². The molecule has 0 amide bonds. The van der Waals surface area contributed by atoms with E-state index < -0.39 is 5.97 Å². The van der Waals surface area contributed by atoms with Gasteiger partial charge in [0.2, 0.25) is 5.78 Å². The number of fused-ring (bicyclic) bond motifs is 1. The molecule has 0 unspecified atom stereocenters. The summed E-state index contributed by atoms with van der Waals surface area (Å²) >= 11 is 0. The van der Waals surface area contributed by atoms with Crippen LogP contribution in [0.4, 0.5) is 0 Å².